The summed E-state index contributed by atoms with van der Waals surface area (Å²) in [6.45, 7) is 5.28. The van der Waals surface area contributed by atoms with E-state index in [-0.39, 0.29) is 0 Å². The summed E-state index contributed by atoms with van der Waals surface area (Å²) in [7, 11) is 0. The minimum Gasteiger partial charge on any atom is -0.384 e. The van der Waals surface area contributed by atoms with Crippen LogP contribution in [0.4, 0.5) is 0 Å². The Morgan fingerprint density at radius 1 is 1.36 bits per heavy atom. The first-order valence-corrected chi connectivity index (χ1v) is 3.51. The van der Waals surface area contributed by atoms with Gasteiger partial charge in [0.1, 0.15) is 11.9 Å². The lowest BCUT2D eigenvalue weighted by Crippen LogP contribution is -2.17. The van der Waals surface area contributed by atoms with Gasteiger partial charge in [0.15, 0.2) is 0 Å². The molecule has 0 radical (unpaired) electrons. The van der Waals surface area contributed by atoms with E-state index in [1.165, 1.54) is 6.33 Å². The molecule has 0 aromatic carbocycles. The molecule has 3 heteroatoms. The molecule has 0 fully saturated rings. The zero-order valence-electron chi connectivity index (χ0n) is 7.00. The third-order valence-electron chi connectivity index (χ3n) is 1.43. The molecule has 0 amide bonds. The molecular weight excluding hydrogens is 140 g/mol. The monoisotopic (exact) mass is 152 g/mol. The van der Waals surface area contributed by atoms with Gasteiger partial charge >= 0.3 is 0 Å². The fourth-order valence-corrected chi connectivity index (χ4v) is 0.789. The number of rotatable bonds is 1. The first kappa shape index (κ1) is 8.14. The van der Waals surface area contributed by atoms with Gasteiger partial charge in [0, 0.05) is 5.69 Å². The Hall–Kier alpha value is -0.960. The SMILES string of the molecule is Cc1cc(C(C)(C)O)ncn1. The summed E-state index contributed by atoms with van der Waals surface area (Å²) in [5, 5.41) is 9.52. The predicted molar refractivity (Wildman–Crippen MR) is 42.0 cm³/mol. The van der Waals surface area contributed by atoms with Gasteiger partial charge in [0.25, 0.3) is 0 Å². The van der Waals surface area contributed by atoms with Gasteiger partial charge in [0.2, 0.25) is 0 Å². The molecule has 1 aromatic rings. The fourth-order valence-electron chi connectivity index (χ4n) is 0.789. The van der Waals surface area contributed by atoms with Crippen molar-refractivity contribution < 1.29 is 5.11 Å². The third kappa shape index (κ3) is 1.98. The molecule has 0 saturated carbocycles. The van der Waals surface area contributed by atoms with Crippen LogP contribution in [0.5, 0.6) is 0 Å². The number of aliphatic hydroxyl groups is 1. The summed E-state index contributed by atoms with van der Waals surface area (Å²) >= 11 is 0. The summed E-state index contributed by atoms with van der Waals surface area (Å²) in [5.74, 6) is 0. The lowest BCUT2D eigenvalue weighted by molar-refractivity contribution is 0.0736. The van der Waals surface area contributed by atoms with Crippen LogP contribution in [0.25, 0.3) is 0 Å². The van der Waals surface area contributed by atoms with Gasteiger partial charge in [0.05, 0.1) is 5.69 Å². The Balaban J connectivity index is 3.06. The highest BCUT2D eigenvalue weighted by Crippen LogP contribution is 2.16. The lowest BCUT2D eigenvalue weighted by Gasteiger charge is -2.15. The van der Waals surface area contributed by atoms with E-state index in [2.05, 4.69) is 9.97 Å². The van der Waals surface area contributed by atoms with E-state index in [1.54, 1.807) is 19.9 Å². The molecule has 1 rings (SSSR count). The van der Waals surface area contributed by atoms with Gasteiger partial charge in [-0.3, -0.25) is 0 Å². The number of aromatic nitrogens is 2. The van der Waals surface area contributed by atoms with Crippen molar-refractivity contribution in [2.24, 2.45) is 0 Å². The van der Waals surface area contributed by atoms with Crippen molar-refractivity contribution in [3.05, 3.63) is 23.8 Å². The molecule has 3 nitrogen and oxygen atoms in total. The molecule has 0 unspecified atom stereocenters. The Bertz CT molecular complexity index is 253. The van der Waals surface area contributed by atoms with Crippen LogP contribution in [0.2, 0.25) is 0 Å². The number of hydrogen-bond acceptors (Lipinski definition) is 3. The molecule has 0 spiro atoms. The summed E-state index contributed by atoms with van der Waals surface area (Å²) in [5.41, 5.74) is 0.662. The molecule has 1 N–H and O–H groups in total. The molecule has 0 aliphatic heterocycles. The fraction of sp³-hybridized carbons (Fsp3) is 0.500. The molecule has 11 heavy (non-hydrogen) atoms. The molecule has 0 saturated heterocycles. The smallest absolute Gasteiger partial charge is 0.116 e. The average molecular weight is 152 g/mol. The zero-order chi connectivity index (χ0) is 8.48. The van der Waals surface area contributed by atoms with Crippen LogP contribution in [0.1, 0.15) is 25.2 Å². The van der Waals surface area contributed by atoms with E-state index in [0.717, 1.165) is 5.69 Å². The average Bonchev–Trinajstić information content (AvgIpc) is 1.86. The van der Waals surface area contributed by atoms with Crippen LogP contribution in [0.15, 0.2) is 12.4 Å². The Labute approximate surface area is 66.1 Å². The number of aryl methyl sites for hydroxylation is 1. The normalized spacial score (nSPS) is 11.6. The standard InChI is InChI=1S/C8H12N2O/c1-6-4-7(8(2,3)11)10-5-9-6/h4-5,11H,1-3H3. The zero-order valence-corrected chi connectivity index (χ0v) is 7.00. The van der Waals surface area contributed by atoms with Crippen LogP contribution < -0.4 is 0 Å². The first-order valence-electron chi connectivity index (χ1n) is 3.51. The van der Waals surface area contributed by atoms with Crippen molar-refractivity contribution in [2.45, 2.75) is 26.4 Å². The molecule has 0 bridgehead atoms. The van der Waals surface area contributed by atoms with Crippen molar-refractivity contribution in [3.8, 4) is 0 Å². The maximum Gasteiger partial charge on any atom is 0.116 e. The van der Waals surface area contributed by atoms with Gasteiger partial charge in [-0.1, -0.05) is 0 Å². The minimum absolute atomic E-state index is 0.657. The van der Waals surface area contributed by atoms with Crippen LogP contribution >= 0.6 is 0 Å². The molecule has 60 valence electrons. The van der Waals surface area contributed by atoms with Crippen LogP contribution in [0.3, 0.4) is 0 Å². The van der Waals surface area contributed by atoms with Crippen LogP contribution in [0, 0.1) is 6.92 Å². The van der Waals surface area contributed by atoms with E-state index in [0.29, 0.717) is 5.69 Å². The second-order valence-corrected chi connectivity index (χ2v) is 3.10. The highest BCUT2D eigenvalue weighted by molar-refractivity contribution is 5.12. The molecule has 0 atom stereocenters. The van der Waals surface area contributed by atoms with E-state index in [9.17, 15) is 5.11 Å². The van der Waals surface area contributed by atoms with Crippen molar-refractivity contribution in [3.63, 3.8) is 0 Å². The maximum absolute atomic E-state index is 9.52. The number of nitrogens with zero attached hydrogens (tertiary/aromatic N) is 2. The molecule has 1 aromatic heterocycles. The van der Waals surface area contributed by atoms with Gasteiger partial charge in [-0.05, 0) is 26.8 Å². The highest BCUT2D eigenvalue weighted by Gasteiger charge is 2.17. The van der Waals surface area contributed by atoms with Gasteiger partial charge < -0.3 is 5.11 Å². The van der Waals surface area contributed by atoms with Crippen molar-refractivity contribution in [2.75, 3.05) is 0 Å². The van der Waals surface area contributed by atoms with Crippen molar-refractivity contribution >= 4 is 0 Å². The van der Waals surface area contributed by atoms with E-state index < -0.39 is 5.60 Å². The van der Waals surface area contributed by atoms with E-state index in [4.69, 9.17) is 0 Å². The minimum atomic E-state index is -0.867. The molecule has 0 aliphatic rings. The predicted octanol–water partition coefficient (Wildman–Crippen LogP) is 1.01. The Kier molecular flexibility index (Phi) is 1.91. The van der Waals surface area contributed by atoms with E-state index in [1.807, 2.05) is 6.92 Å². The summed E-state index contributed by atoms with van der Waals surface area (Å²) < 4.78 is 0. The summed E-state index contributed by atoms with van der Waals surface area (Å²) in [6.07, 6.45) is 1.46. The summed E-state index contributed by atoms with van der Waals surface area (Å²) in [4.78, 5) is 7.88. The topological polar surface area (TPSA) is 46.0 Å². The highest BCUT2D eigenvalue weighted by atomic mass is 16.3. The van der Waals surface area contributed by atoms with Crippen molar-refractivity contribution in [1.29, 1.82) is 0 Å². The number of hydrogen-bond donors (Lipinski definition) is 1. The van der Waals surface area contributed by atoms with Crippen LogP contribution in [-0.2, 0) is 5.60 Å². The van der Waals surface area contributed by atoms with Gasteiger partial charge in [-0.2, -0.15) is 0 Å². The Morgan fingerprint density at radius 3 is 2.36 bits per heavy atom. The van der Waals surface area contributed by atoms with Gasteiger partial charge in [-0.15, -0.1) is 0 Å². The molecule has 0 aliphatic carbocycles. The Morgan fingerprint density at radius 2 is 2.00 bits per heavy atom. The van der Waals surface area contributed by atoms with Crippen molar-refractivity contribution in [1.82, 2.24) is 9.97 Å². The molecular formula is C8H12N2O. The van der Waals surface area contributed by atoms with E-state index >= 15 is 0 Å². The van der Waals surface area contributed by atoms with Gasteiger partial charge in [-0.25, -0.2) is 9.97 Å². The largest absolute Gasteiger partial charge is 0.384 e. The summed E-state index contributed by atoms with van der Waals surface area (Å²) in [6, 6.07) is 1.78. The van der Waals surface area contributed by atoms with Crippen LogP contribution in [-0.4, -0.2) is 15.1 Å². The molecule has 1 heterocycles. The second-order valence-electron chi connectivity index (χ2n) is 3.10. The lowest BCUT2D eigenvalue weighted by atomic mass is 10.1. The second kappa shape index (κ2) is 2.58. The third-order valence-corrected chi connectivity index (χ3v) is 1.43. The quantitative estimate of drug-likeness (QED) is 0.653. The maximum atomic E-state index is 9.52. The first-order chi connectivity index (χ1) is 5.00.